The number of hydrogen-bond donors (Lipinski definition) is 1. The Labute approximate surface area is 91.0 Å². The van der Waals surface area contributed by atoms with Crippen molar-refractivity contribution in [2.24, 2.45) is 5.73 Å². The van der Waals surface area contributed by atoms with Crippen LogP contribution in [0.15, 0.2) is 18.2 Å². The first kappa shape index (κ1) is 12.3. The summed E-state index contributed by atoms with van der Waals surface area (Å²) in [6.07, 6.45) is -4.33. The van der Waals surface area contributed by atoms with Crippen molar-refractivity contribution in [2.75, 3.05) is 6.54 Å². The second kappa shape index (κ2) is 4.41. The molecule has 0 saturated heterocycles. The Balaban J connectivity index is 3.18. The van der Waals surface area contributed by atoms with E-state index in [1.54, 1.807) is 19.1 Å². The highest BCUT2D eigenvalue weighted by atomic mass is 35.5. The third-order valence-electron chi connectivity index (χ3n) is 2.25. The highest BCUT2D eigenvalue weighted by Gasteiger charge is 2.40. The number of aryl methyl sites for hydroxylation is 1. The van der Waals surface area contributed by atoms with Gasteiger partial charge in [-0.25, -0.2) is 0 Å². The molecule has 0 bridgehead atoms. The summed E-state index contributed by atoms with van der Waals surface area (Å²) in [6, 6.07) is 4.44. The molecular weight excluding hydrogens is 227 g/mol. The maximum Gasteiger partial charge on any atom is 0.396 e. The van der Waals surface area contributed by atoms with Crippen LogP contribution in [0.2, 0.25) is 5.02 Å². The van der Waals surface area contributed by atoms with E-state index in [-0.39, 0.29) is 5.56 Å². The van der Waals surface area contributed by atoms with E-state index in [1.807, 2.05) is 0 Å². The lowest BCUT2D eigenvalue weighted by Gasteiger charge is -2.20. The highest BCUT2D eigenvalue weighted by molar-refractivity contribution is 6.30. The molecule has 1 rings (SSSR count). The van der Waals surface area contributed by atoms with Gasteiger partial charge in [-0.1, -0.05) is 17.7 Å². The number of rotatable bonds is 2. The number of alkyl halides is 3. The summed E-state index contributed by atoms with van der Waals surface area (Å²) >= 11 is 5.66. The van der Waals surface area contributed by atoms with Gasteiger partial charge in [0.15, 0.2) is 0 Å². The zero-order chi connectivity index (χ0) is 11.6. The fourth-order valence-corrected chi connectivity index (χ4v) is 1.60. The first-order valence-electron chi connectivity index (χ1n) is 4.39. The summed E-state index contributed by atoms with van der Waals surface area (Å²) in [4.78, 5) is 0. The van der Waals surface area contributed by atoms with Crippen molar-refractivity contribution in [3.63, 3.8) is 0 Å². The van der Waals surface area contributed by atoms with Crippen LogP contribution in [0.5, 0.6) is 0 Å². The number of benzene rings is 1. The minimum Gasteiger partial charge on any atom is -0.330 e. The summed E-state index contributed by atoms with van der Waals surface area (Å²) in [5.41, 5.74) is 5.85. The molecule has 0 saturated carbocycles. The van der Waals surface area contributed by atoms with Gasteiger partial charge >= 0.3 is 6.18 Å². The minimum absolute atomic E-state index is 0.150. The van der Waals surface area contributed by atoms with Crippen molar-refractivity contribution in [2.45, 2.75) is 19.0 Å². The Morgan fingerprint density at radius 2 is 2.00 bits per heavy atom. The van der Waals surface area contributed by atoms with Crippen LogP contribution in [-0.4, -0.2) is 12.7 Å². The Kier molecular flexibility index (Phi) is 3.62. The Morgan fingerprint density at radius 3 is 2.47 bits per heavy atom. The largest absolute Gasteiger partial charge is 0.396 e. The molecule has 1 nitrogen and oxygen atoms in total. The quantitative estimate of drug-likeness (QED) is 0.840. The molecule has 0 amide bonds. The van der Waals surface area contributed by atoms with Crippen molar-refractivity contribution in [1.82, 2.24) is 0 Å². The zero-order valence-corrected chi connectivity index (χ0v) is 8.86. The average Bonchev–Trinajstić information content (AvgIpc) is 2.10. The van der Waals surface area contributed by atoms with Crippen LogP contribution in [0.4, 0.5) is 13.2 Å². The van der Waals surface area contributed by atoms with Crippen molar-refractivity contribution in [3.8, 4) is 0 Å². The minimum atomic E-state index is -4.33. The molecule has 0 radical (unpaired) electrons. The lowest BCUT2D eigenvalue weighted by atomic mass is 9.94. The summed E-state index contributed by atoms with van der Waals surface area (Å²) in [6.45, 7) is 1.14. The average molecular weight is 238 g/mol. The third-order valence-corrected chi connectivity index (χ3v) is 2.48. The molecule has 0 aromatic heterocycles. The molecule has 1 atom stereocenters. The monoisotopic (exact) mass is 237 g/mol. The van der Waals surface area contributed by atoms with Gasteiger partial charge in [0.25, 0.3) is 0 Å². The summed E-state index contributed by atoms with van der Waals surface area (Å²) in [7, 11) is 0. The predicted molar refractivity (Wildman–Crippen MR) is 54.0 cm³/mol. The van der Waals surface area contributed by atoms with Gasteiger partial charge in [0.1, 0.15) is 0 Å². The fourth-order valence-electron chi connectivity index (χ4n) is 1.42. The van der Waals surface area contributed by atoms with Gasteiger partial charge in [0, 0.05) is 11.6 Å². The van der Waals surface area contributed by atoms with Crippen molar-refractivity contribution in [1.29, 1.82) is 0 Å². The third kappa shape index (κ3) is 2.86. The summed E-state index contributed by atoms with van der Waals surface area (Å²) < 4.78 is 37.8. The predicted octanol–water partition coefficient (Wildman–Crippen LogP) is 3.25. The molecule has 2 N–H and O–H groups in total. The molecule has 0 aliphatic carbocycles. The molecule has 1 aromatic rings. The van der Waals surface area contributed by atoms with Crippen LogP contribution in [0.3, 0.4) is 0 Å². The zero-order valence-electron chi connectivity index (χ0n) is 8.11. The van der Waals surface area contributed by atoms with Crippen LogP contribution in [0, 0.1) is 6.92 Å². The number of nitrogens with two attached hydrogens (primary N) is 1. The lowest BCUT2D eigenvalue weighted by molar-refractivity contribution is -0.148. The maximum atomic E-state index is 12.6. The Morgan fingerprint density at radius 1 is 1.40 bits per heavy atom. The first-order valence-corrected chi connectivity index (χ1v) is 4.77. The molecule has 0 heterocycles. The van der Waals surface area contributed by atoms with E-state index < -0.39 is 18.6 Å². The first-order chi connectivity index (χ1) is 6.86. The molecule has 84 valence electrons. The van der Waals surface area contributed by atoms with Crippen molar-refractivity contribution >= 4 is 11.6 Å². The van der Waals surface area contributed by atoms with E-state index >= 15 is 0 Å². The molecule has 0 spiro atoms. The standard InChI is InChI=1S/C10H11ClF3N/c1-6-2-3-7(11)4-8(6)9(5-15)10(12,13)14/h2-4,9H,5,15H2,1H3. The smallest absolute Gasteiger partial charge is 0.330 e. The van der Waals surface area contributed by atoms with E-state index in [9.17, 15) is 13.2 Å². The van der Waals surface area contributed by atoms with Crippen LogP contribution >= 0.6 is 11.6 Å². The van der Waals surface area contributed by atoms with E-state index in [1.165, 1.54) is 6.07 Å². The number of hydrogen-bond acceptors (Lipinski definition) is 1. The normalized spacial score (nSPS) is 14.0. The van der Waals surface area contributed by atoms with Gasteiger partial charge in [-0.15, -0.1) is 0 Å². The molecule has 0 fully saturated rings. The van der Waals surface area contributed by atoms with Gasteiger partial charge in [0.2, 0.25) is 0 Å². The summed E-state index contributed by atoms with van der Waals surface area (Å²) in [5, 5.41) is 0.290. The van der Waals surface area contributed by atoms with Crippen LogP contribution < -0.4 is 5.73 Å². The number of halogens is 4. The SMILES string of the molecule is Cc1ccc(Cl)cc1C(CN)C(F)(F)F. The molecule has 0 aliphatic rings. The second-order valence-corrected chi connectivity index (χ2v) is 3.77. The molecule has 1 unspecified atom stereocenters. The van der Waals surface area contributed by atoms with Gasteiger partial charge in [-0.3, -0.25) is 0 Å². The summed E-state index contributed by atoms with van der Waals surface area (Å²) in [5.74, 6) is -1.64. The maximum absolute atomic E-state index is 12.6. The van der Waals surface area contributed by atoms with Gasteiger partial charge in [0.05, 0.1) is 5.92 Å². The van der Waals surface area contributed by atoms with Crippen LogP contribution in [-0.2, 0) is 0 Å². The van der Waals surface area contributed by atoms with Crippen LogP contribution in [0.1, 0.15) is 17.0 Å². The van der Waals surface area contributed by atoms with E-state index in [0.29, 0.717) is 10.6 Å². The second-order valence-electron chi connectivity index (χ2n) is 3.33. The lowest BCUT2D eigenvalue weighted by Crippen LogP contribution is -2.28. The molecule has 5 heteroatoms. The molecule has 1 aromatic carbocycles. The fraction of sp³-hybridized carbons (Fsp3) is 0.400. The van der Waals surface area contributed by atoms with E-state index in [2.05, 4.69) is 0 Å². The van der Waals surface area contributed by atoms with E-state index in [4.69, 9.17) is 17.3 Å². The van der Waals surface area contributed by atoms with Crippen molar-refractivity contribution in [3.05, 3.63) is 34.3 Å². The topological polar surface area (TPSA) is 26.0 Å². The van der Waals surface area contributed by atoms with Crippen LogP contribution in [0.25, 0.3) is 0 Å². The highest BCUT2D eigenvalue weighted by Crippen LogP contribution is 2.36. The van der Waals surface area contributed by atoms with E-state index in [0.717, 1.165) is 0 Å². The van der Waals surface area contributed by atoms with Gasteiger partial charge < -0.3 is 5.73 Å². The van der Waals surface area contributed by atoms with Gasteiger partial charge in [-0.2, -0.15) is 13.2 Å². The molecular formula is C10H11ClF3N. The van der Waals surface area contributed by atoms with Gasteiger partial charge in [-0.05, 0) is 30.2 Å². The molecule has 0 aliphatic heterocycles. The Hall–Kier alpha value is -0.740. The molecule has 15 heavy (non-hydrogen) atoms. The van der Waals surface area contributed by atoms with Crippen molar-refractivity contribution < 1.29 is 13.2 Å². The Bertz CT molecular complexity index is 349.